The minimum absolute atomic E-state index is 0.0119. The number of esters is 1. The smallest absolute Gasteiger partial charge is 0.308 e. The molecule has 1 saturated heterocycles. The quantitative estimate of drug-likeness (QED) is 0.566. The van der Waals surface area contributed by atoms with Crippen LogP contribution in [0.1, 0.15) is 31.2 Å². The van der Waals surface area contributed by atoms with Gasteiger partial charge in [0.1, 0.15) is 0 Å². The van der Waals surface area contributed by atoms with Gasteiger partial charge < -0.3 is 10.1 Å². The average molecular weight is 419 g/mol. The third-order valence-electron chi connectivity index (χ3n) is 6.46. The van der Waals surface area contributed by atoms with Gasteiger partial charge in [0.2, 0.25) is 11.8 Å². The minimum atomic E-state index is -0.622. The molecule has 3 fully saturated rings. The number of likely N-dealkylation sites (tertiary alicyclic amines) is 1. The maximum absolute atomic E-state index is 12.6. The van der Waals surface area contributed by atoms with Crippen LogP contribution in [0.25, 0.3) is 0 Å². The number of benzene rings is 1. The molecule has 4 rings (SSSR count). The highest BCUT2D eigenvalue weighted by Gasteiger charge is 2.60. The Bertz CT molecular complexity index is 858. The molecule has 0 radical (unpaired) electrons. The van der Waals surface area contributed by atoms with Gasteiger partial charge in [-0.15, -0.1) is 0 Å². The lowest BCUT2D eigenvalue weighted by molar-refractivity contribution is -0.149. The summed E-state index contributed by atoms with van der Waals surface area (Å²) in [5, 5.41) is 3.17. The summed E-state index contributed by atoms with van der Waals surface area (Å²) in [6.45, 7) is 1.34. The number of fused-ring (bicyclic) bond motifs is 5. The summed E-state index contributed by atoms with van der Waals surface area (Å²) < 4.78 is 4.99. The van der Waals surface area contributed by atoms with Gasteiger partial charge in [-0.1, -0.05) is 17.7 Å². The van der Waals surface area contributed by atoms with Crippen molar-refractivity contribution < 1.29 is 23.9 Å². The van der Waals surface area contributed by atoms with Crippen molar-refractivity contribution in [3.63, 3.8) is 0 Å². The maximum atomic E-state index is 12.6. The number of ether oxygens (including phenoxy) is 1. The fourth-order valence-electron chi connectivity index (χ4n) is 5.04. The van der Waals surface area contributed by atoms with Crippen LogP contribution < -0.4 is 5.32 Å². The van der Waals surface area contributed by atoms with E-state index in [1.165, 1.54) is 4.90 Å². The highest BCUT2D eigenvalue weighted by molar-refractivity contribution is 6.31. The van der Waals surface area contributed by atoms with E-state index in [-0.39, 0.29) is 36.6 Å². The largest absolute Gasteiger partial charge is 0.456 e. The Kier molecular flexibility index (Phi) is 5.34. The molecule has 8 heteroatoms. The van der Waals surface area contributed by atoms with Gasteiger partial charge in [0.05, 0.1) is 18.3 Å². The van der Waals surface area contributed by atoms with Gasteiger partial charge in [0.15, 0.2) is 6.61 Å². The molecule has 0 spiro atoms. The van der Waals surface area contributed by atoms with Gasteiger partial charge in [0, 0.05) is 17.3 Å². The number of hydrogen-bond acceptors (Lipinski definition) is 5. The predicted molar refractivity (Wildman–Crippen MR) is 105 cm³/mol. The van der Waals surface area contributed by atoms with Crippen molar-refractivity contribution in [2.75, 3.05) is 18.5 Å². The minimum Gasteiger partial charge on any atom is -0.456 e. The Balaban J connectivity index is 1.24. The van der Waals surface area contributed by atoms with Crippen LogP contribution in [0.3, 0.4) is 0 Å². The summed E-state index contributed by atoms with van der Waals surface area (Å²) in [6.07, 6.45) is 2.89. The molecule has 7 nitrogen and oxygen atoms in total. The molecule has 1 aliphatic heterocycles. The first-order valence-corrected chi connectivity index (χ1v) is 10.3. The topological polar surface area (TPSA) is 92.8 Å². The molecule has 1 N–H and O–H groups in total. The summed E-state index contributed by atoms with van der Waals surface area (Å²) in [4.78, 5) is 50.4. The number of rotatable bonds is 6. The van der Waals surface area contributed by atoms with Crippen LogP contribution in [0.2, 0.25) is 5.02 Å². The number of carbonyl (C=O) groups excluding carboxylic acids is 4. The van der Waals surface area contributed by atoms with Crippen LogP contribution in [0.5, 0.6) is 0 Å². The lowest BCUT2D eigenvalue weighted by atomic mass is 9.81. The monoisotopic (exact) mass is 418 g/mol. The molecule has 154 valence electrons. The Hall–Kier alpha value is -2.41. The highest BCUT2D eigenvalue weighted by Crippen LogP contribution is 2.56. The number of anilines is 1. The van der Waals surface area contributed by atoms with Crippen molar-refractivity contribution in [1.29, 1.82) is 0 Å². The highest BCUT2D eigenvalue weighted by atomic mass is 35.5. The van der Waals surface area contributed by atoms with Crippen molar-refractivity contribution >= 4 is 41.0 Å². The van der Waals surface area contributed by atoms with Crippen molar-refractivity contribution in [1.82, 2.24) is 4.90 Å². The molecular weight excluding hydrogens is 396 g/mol. The van der Waals surface area contributed by atoms with E-state index in [1.807, 2.05) is 0 Å². The molecule has 3 aliphatic rings. The van der Waals surface area contributed by atoms with Gasteiger partial charge in [-0.05, 0) is 55.7 Å². The van der Waals surface area contributed by atoms with E-state index < -0.39 is 18.5 Å². The molecule has 4 atom stereocenters. The summed E-state index contributed by atoms with van der Waals surface area (Å²) >= 11 is 6.01. The molecule has 2 aliphatic carbocycles. The van der Waals surface area contributed by atoms with Crippen molar-refractivity contribution in [2.45, 2.75) is 32.6 Å². The molecule has 2 bridgehead atoms. The third-order valence-corrected chi connectivity index (χ3v) is 6.87. The van der Waals surface area contributed by atoms with Crippen LogP contribution >= 0.6 is 11.6 Å². The van der Waals surface area contributed by atoms with Crippen molar-refractivity contribution in [2.24, 2.45) is 23.7 Å². The van der Waals surface area contributed by atoms with Crippen molar-refractivity contribution in [3.05, 3.63) is 28.8 Å². The average Bonchev–Trinajstić information content (AvgIpc) is 3.37. The van der Waals surface area contributed by atoms with E-state index in [4.69, 9.17) is 16.3 Å². The summed E-state index contributed by atoms with van der Waals surface area (Å²) in [5.74, 6) is -1.14. The first-order chi connectivity index (χ1) is 13.9. The number of nitrogens with one attached hydrogen (secondary N) is 1. The van der Waals surface area contributed by atoms with Gasteiger partial charge >= 0.3 is 5.97 Å². The van der Waals surface area contributed by atoms with Gasteiger partial charge in [-0.2, -0.15) is 0 Å². The lowest BCUT2D eigenvalue weighted by Crippen LogP contribution is -2.35. The molecule has 0 unspecified atom stereocenters. The zero-order chi connectivity index (χ0) is 20.7. The van der Waals surface area contributed by atoms with E-state index in [2.05, 4.69) is 5.32 Å². The van der Waals surface area contributed by atoms with Crippen LogP contribution in [0.4, 0.5) is 5.69 Å². The molecular formula is C21H23ClN2O5. The van der Waals surface area contributed by atoms with E-state index in [0.717, 1.165) is 24.8 Å². The number of hydrogen-bond donors (Lipinski definition) is 1. The van der Waals surface area contributed by atoms with Crippen LogP contribution in [0, 0.1) is 30.6 Å². The zero-order valence-corrected chi connectivity index (χ0v) is 16.9. The Morgan fingerprint density at radius 2 is 1.83 bits per heavy atom. The molecule has 1 heterocycles. The summed E-state index contributed by atoms with van der Waals surface area (Å²) in [7, 11) is 0. The molecule has 0 aromatic heterocycles. The Morgan fingerprint density at radius 3 is 2.48 bits per heavy atom. The summed E-state index contributed by atoms with van der Waals surface area (Å²) in [6, 6.07) is 5.13. The molecule has 1 aromatic carbocycles. The second-order valence-electron chi connectivity index (χ2n) is 8.08. The Labute approximate surface area is 173 Å². The van der Waals surface area contributed by atoms with Gasteiger partial charge in [-0.3, -0.25) is 24.1 Å². The lowest BCUT2D eigenvalue weighted by Gasteiger charge is -2.19. The molecule has 2 saturated carbocycles. The Morgan fingerprint density at radius 1 is 1.17 bits per heavy atom. The standard InChI is InChI=1S/C21H23ClN2O5/c1-11-14(22)3-2-4-15(11)23-16(25)10-29-17(26)7-8-24-20(27)18-12-5-6-13(9-12)19(18)21(24)28/h2-4,12-13,18-19H,5-10H2,1H3,(H,23,25)/t12-,13+,18-,19-/m0/s1. The second kappa shape index (κ2) is 7.78. The normalized spacial score (nSPS) is 27.3. The van der Waals surface area contributed by atoms with Crippen molar-refractivity contribution in [3.8, 4) is 0 Å². The molecule has 3 amide bonds. The number of imide groups is 1. The second-order valence-corrected chi connectivity index (χ2v) is 8.49. The first kappa shape index (κ1) is 19.9. The first-order valence-electron chi connectivity index (χ1n) is 9.92. The number of halogens is 1. The number of nitrogens with zero attached hydrogens (tertiary/aromatic N) is 1. The number of carbonyl (C=O) groups is 4. The molecule has 1 aromatic rings. The molecule has 29 heavy (non-hydrogen) atoms. The van der Waals surface area contributed by atoms with Gasteiger partial charge in [0.25, 0.3) is 5.91 Å². The SMILES string of the molecule is Cc1c(Cl)cccc1NC(=O)COC(=O)CCN1C(=O)[C@H]2[C@@H]3CC[C@@H](C3)[C@@H]2C1=O. The van der Waals surface area contributed by atoms with Crippen LogP contribution in [-0.4, -0.2) is 41.7 Å². The summed E-state index contributed by atoms with van der Waals surface area (Å²) in [5.41, 5.74) is 1.27. The fourth-order valence-corrected chi connectivity index (χ4v) is 5.22. The maximum Gasteiger partial charge on any atom is 0.308 e. The van der Waals surface area contributed by atoms with E-state index in [0.29, 0.717) is 22.5 Å². The fraction of sp³-hybridized carbons (Fsp3) is 0.524. The zero-order valence-electron chi connectivity index (χ0n) is 16.2. The third kappa shape index (κ3) is 3.64. The predicted octanol–water partition coefficient (Wildman–Crippen LogP) is 2.55. The van der Waals surface area contributed by atoms with Crippen LogP contribution in [-0.2, 0) is 23.9 Å². The van der Waals surface area contributed by atoms with E-state index in [1.54, 1.807) is 25.1 Å². The number of amides is 3. The van der Waals surface area contributed by atoms with Gasteiger partial charge in [-0.25, -0.2) is 0 Å². The van der Waals surface area contributed by atoms with E-state index >= 15 is 0 Å². The van der Waals surface area contributed by atoms with Crippen LogP contribution in [0.15, 0.2) is 18.2 Å². The van der Waals surface area contributed by atoms with E-state index in [9.17, 15) is 19.2 Å².